The standard InChI is InChI=1S/C15H25NO2S/c1-4-19(17,18)12-8-9-13(2)15(16-3)14-10-6-5-7-11-14/h5-7,10-11,13,15-16H,4,8-9,12H2,1-3H3. The van der Waals surface area contributed by atoms with E-state index in [9.17, 15) is 8.42 Å². The fourth-order valence-corrected chi connectivity index (χ4v) is 3.27. The summed E-state index contributed by atoms with van der Waals surface area (Å²) in [5.41, 5.74) is 1.26. The zero-order chi connectivity index (χ0) is 14.3. The number of hydrogen-bond acceptors (Lipinski definition) is 3. The second-order valence-electron chi connectivity index (χ2n) is 5.03. The lowest BCUT2D eigenvalue weighted by Crippen LogP contribution is -2.24. The molecule has 2 atom stereocenters. The van der Waals surface area contributed by atoms with Gasteiger partial charge in [0.25, 0.3) is 0 Å². The van der Waals surface area contributed by atoms with Crippen molar-refractivity contribution in [1.29, 1.82) is 0 Å². The van der Waals surface area contributed by atoms with Crippen molar-refractivity contribution < 1.29 is 8.42 Å². The van der Waals surface area contributed by atoms with Crippen molar-refractivity contribution in [2.75, 3.05) is 18.6 Å². The highest BCUT2D eigenvalue weighted by atomic mass is 32.2. The number of benzene rings is 1. The molecule has 0 radical (unpaired) electrons. The molecule has 2 unspecified atom stereocenters. The average Bonchev–Trinajstić information content (AvgIpc) is 2.40. The van der Waals surface area contributed by atoms with E-state index in [0.29, 0.717) is 11.7 Å². The summed E-state index contributed by atoms with van der Waals surface area (Å²) in [5.74, 6) is 0.966. The van der Waals surface area contributed by atoms with Crippen LogP contribution < -0.4 is 5.32 Å². The zero-order valence-corrected chi connectivity index (χ0v) is 12.9. The van der Waals surface area contributed by atoms with Crippen molar-refractivity contribution in [2.24, 2.45) is 5.92 Å². The highest BCUT2D eigenvalue weighted by molar-refractivity contribution is 7.91. The van der Waals surface area contributed by atoms with E-state index in [-0.39, 0.29) is 11.8 Å². The second-order valence-corrected chi connectivity index (χ2v) is 7.51. The van der Waals surface area contributed by atoms with Crippen LogP contribution in [-0.4, -0.2) is 27.0 Å². The Balaban J connectivity index is 2.54. The minimum absolute atomic E-state index is 0.246. The van der Waals surface area contributed by atoms with E-state index in [1.165, 1.54) is 5.56 Å². The minimum atomic E-state index is -2.83. The number of hydrogen-bond donors (Lipinski definition) is 1. The molecule has 0 spiro atoms. The Morgan fingerprint density at radius 1 is 1.21 bits per heavy atom. The van der Waals surface area contributed by atoms with Gasteiger partial charge in [0.2, 0.25) is 0 Å². The van der Waals surface area contributed by atoms with Gasteiger partial charge in [-0.05, 0) is 31.4 Å². The van der Waals surface area contributed by atoms with Gasteiger partial charge in [-0.1, -0.05) is 44.2 Å². The van der Waals surface area contributed by atoms with Gasteiger partial charge >= 0.3 is 0 Å². The third-order valence-corrected chi connectivity index (χ3v) is 5.38. The smallest absolute Gasteiger partial charge is 0.150 e. The third-order valence-electron chi connectivity index (χ3n) is 3.59. The Morgan fingerprint density at radius 3 is 2.37 bits per heavy atom. The Kier molecular flexibility index (Phi) is 6.52. The Hall–Kier alpha value is -0.870. The molecule has 0 aromatic heterocycles. The summed E-state index contributed by atoms with van der Waals surface area (Å²) in [7, 11) is -0.877. The molecule has 0 bridgehead atoms. The van der Waals surface area contributed by atoms with E-state index in [4.69, 9.17) is 0 Å². The molecule has 1 rings (SSSR count). The molecule has 3 nitrogen and oxygen atoms in total. The van der Waals surface area contributed by atoms with Crippen molar-refractivity contribution in [2.45, 2.75) is 32.7 Å². The van der Waals surface area contributed by atoms with Crippen LogP contribution in [0.15, 0.2) is 30.3 Å². The summed E-state index contributed by atoms with van der Waals surface area (Å²) in [4.78, 5) is 0. The van der Waals surface area contributed by atoms with Gasteiger partial charge in [-0.2, -0.15) is 0 Å². The maximum atomic E-state index is 11.5. The Bertz CT molecular complexity index is 456. The van der Waals surface area contributed by atoms with E-state index in [1.807, 2.05) is 25.2 Å². The van der Waals surface area contributed by atoms with Crippen molar-refractivity contribution in [3.05, 3.63) is 35.9 Å². The van der Waals surface area contributed by atoms with Gasteiger partial charge in [-0.15, -0.1) is 0 Å². The zero-order valence-electron chi connectivity index (χ0n) is 12.1. The van der Waals surface area contributed by atoms with Crippen LogP contribution in [0.4, 0.5) is 0 Å². The van der Waals surface area contributed by atoms with Crippen LogP contribution in [0.25, 0.3) is 0 Å². The molecular formula is C15H25NO2S. The molecule has 1 aromatic carbocycles. The first kappa shape index (κ1) is 16.2. The summed E-state index contributed by atoms with van der Waals surface area (Å²) in [6, 6.07) is 10.6. The van der Waals surface area contributed by atoms with Crippen molar-refractivity contribution >= 4 is 9.84 Å². The molecule has 0 amide bonds. The lowest BCUT2D eigenvalue weighted by molar-refractivity contribution is 0.384. The first-order chi connectivity index (χ1) is 9.00. The minimum Gasteiger partial charge on any atom is -0.313 e. The highest BCUT2D eigenvalue weighted by Gasteiger charge is 2.18. The van der Waals surface area contributed by atoms with Crippen molar-refractivity contribution in [1.82, 2.24) is 5.32 Å². The first-order valence-corrected chi connectivity index (χ1v) is 8.75. The van der Waals surface area contributed by atoms with Gasteiger partial charge in [0.1, 0.15) is 9.84 Å². The topological polar surface area (TPSA) is 46.2 Å². The Labute approximate surface area is 117 Å². The molecule has 0 saturated heterocycles. The monoisotopic (exact) mass is 283 g/mol. The van der Waals surface area contributed by atoms with E-state index in [2.05, 4.69) is 24.4 Å². The van der Waals surface area contributed by atoms with E-state index < -0.39 is 9.84 Å². The summed E-state index contributed by atoms with van der Waals surface area (Å²) in [6.45, 7) is 3.88. The van der Waals surface area contributed by atoms with Crippen LogP contribution in [0.1, 0.15) is 38.3 Å². The van der Waals surface area contributed by atoms with Crippen LogP contribution in [0.5, 0.6) is 0 Å². The summed E-state index contributed by atoms with van der Waals surface area (Å²) in [6.07, 6.45) is 1.65. The predicted molar refractivity (Wildman–Crippen MR) is 81.0 cm³/mol. The molecule has 0 saturated carbocycles. The molecule has 19 heavy (non-hydrogen) atoms. The fraction of sp³-hybridized carbons (Fsp3) is 0.600. The van der Waals surface area contributed by atoms with Crippen LogP contribution in [0, 0.1) is 5.92 Å². The highest BCUT2D eigenvalue weighted by Crippen LogP contribution is 2.25. The van der Waals surface area contributed by atoms with Crippen molar-refractivity contribution in [3.63, 3.8) is 0 Å². The van der Waals surface area contributed by atoms with Crippen LogP contribution in [-0.2, 0) is 9.84 Å². The molecule has 0 fully saturated rings. The SMILES string of the molecule is CCS(=O)(=O)CCCC(C)C(NC)c1ccccc1. The average molecular weight is 283 g/mol. The van der Waals surface area contributed by atoms with Crippen LogP contribution in [0.3, 0.4) is 0 Å². The van der Waals surface area contributed by atoms with Gasteiger partial charge in [0.05, 0.1) is 5.75 Å². The lowest BCUT2D eigenvalue weighted by atomic mass is 9.91. The molecule has 1 aromatic rings. The van der Waals surface area contributed by atoms with Crippen LogP contribution >= 0.6 is 0 Å². The summed E-state index contributed by atoms with van der Waals surface area (Å²) < 4.78 is 22.9. The summed E-state index contributed by atoms with van der Waals surface area (Å²) in [5, 5.41) is 3.33. The molecule has 0 aliphatic carbocycles. The molecule has 0 aliphatic rings. The van der Waals surface area contributed by atoms with Gasteiger partial charge in [0, 0.05) is 11.8 Å². The molecule has 1 N–H and O–H groups in total. The quantitative estimate of drug-likeness (QED) is 0.798. The van der Waals surface area contributed by atoms with E-state index in [1.54, 1.807) is 6.92 Å². The fourth-order valence-electron chi connectivity index (χ4n) is 2.38. The maximum absolute atomic E-state index is 11.5. The number of nitrogens with one attached hydrogen (secondary N) is 1. The molecule has 0 heterocycles. The second kappa shape index (κ2) is 7.65. The molecule has 4 heteroatoms. The van der Waals surface area contributed by atoms with Gasteiger partial charge in [-0.25, -0.2) is 8.42 Å². The van der Waals surface area contributed by atoms with Crippen molar-refractivity contribution in [3.8, 4) is 0 Å². The van der Waals surface area contributed by atoms with E-state index in [0.717, 1.165) is 12.8 Å². The maximum Gasteiger partial charge on any atom is 0.150 e. The molecular weight excluding hydrogens is 258 g/mol. The summed E-state index contributed by atoms with van der Waals surface area (Å²) >= 11 is 0. The van der Waals surface area contributed by atoms with Gasteiger partial charge in [-0.3, -0.25) is 0 Å². The third kappa shape index (κ3) is 5.33. The first-order valence-electron chi connectivity index (χ1n) is 6.92. The number of rotatable bonds is 8. The predicted octanol–water partition coefficient (Wildman–Crippen LogP) is 2.80. The lowest BCUT2D eigenvalue weighted by Gasteiger charge is -2.24. The van der Waals surface area contributed by atoms with Gasteiger partial charge in [0.15, 0.2) is 0 Å². The molecule has 108 valence electrons. The van der Waals surface area contributed by atoms with Gasteiger partial charge < -0.3 is 5.32 Å². The van der Waals surface area contributed by atoms with Crippen LogP contribution in [0.2, 0.25) is 0 Å². The Morgan fingerprint density at radius 2 is 1.84 bits per heavy atom. The largest absolute Gasteiger partial charge is 0.313 e. The molecule has 0 aliphatic heterocycles. The van der Waals surface area contributed by atoms with E-state index >= 15 is 0 Å². The normalized spacial score (nSPS) is 15.1. The number of sulfone groups is 1.